The molecule has 0 aliphatic carbocycles. The molecule has 122 valence electrons. The highest BCUT2D eigenvalue weighted by Crippen LogP contribution is 2.37. The molecule has 4 rings (SSSR count). The fourth-order valence-corrected chi connectivity index (χ4v) is 3.50. The van der Waals surface area contributed by atoms with E-state index in [2.05, 4.69) is 10.3 Å². The maximum atomic E-state index is 12.4. The van der Waals surface area contributed by atoms with Crippen LogP contribution in [0.5, 0.6) is 5.75 Å². The molecule has 0 unspecified atom stereocenters. The normalized spacial score (nSPS) is 13.8. The molecule has 0 atom stereocenters. The van der Waals surface area contributed by atoms with Gasteiger partial charge in [0, 0.05) is 0 Å². The number of hydrazine groups is 1. The number of fused-ring (bicyclic) bond motifs is 2. The molecule has 0 saturated carbocycles. The number of para-hydroxylation sites is 2. The first-order valence-corrected chi connectivity index (χ1v) is 8.21. The highest BCUT2D eigenvalue weighted by molar-refractivity contribution is 7.22. The van der Waals surface area contributed by atoms with Gasteiger partial charge in [-0.05, 0) is 37.3 Å². The van der Waals surface area contributed by atoms with Crippen molar-refractivity contribution in [2.75, 3.05) is 22.1 Å². The van der Waals surface area contributed by atoms with Crippen LogP contribution < -0.4 is 20.2 Å². The van der Waals surface area contributed by atoms with Gasteiger partial charge in [-0.2, -0.15) is 0 Å². The Morgan fingerprint density at radius 2 is 2.12 bits per heavy atom. The second-order valence-corrected chi connectivity index (χ2v) is 6.12. The van der Waals surface area contributed by atoms with Gasteiger partial charge in [-0.1, -0.05) is 23.5 Å². The van der Waals surface area contributed by atoms with Crippen molar-refractivity contribution in [3.8, 4) is 5.75 Å². The largest absolute Gasteiger partial charge is 0.494 e. The van der Waals surface area contributed by atoms with Crippen molar-refractivity contribution in [1.29, 1.82) is 0 Å². The van der Waals surface area contributed by atoms with E-state index >= 15 is 0 Å². The average Bonchev–Trinajstić information content (AvgIpc) is 2.98. The number of ether oxygens (including phenoxy) is 1. The highest BCUT2D eigenvalue weighted by atomic mass is 32.1. The minimum atomic E-state index is -0.472. The number of nitrogens with one attached hydrogen (secondary N) is 1. The topological polar surface area (TPSA) is 77.9 Å². The molecule has 1 aliphatic rings. The zero-order chi connectivity index (χ0) is 16.7. The molecule has 0 bridgehead atoms. The summed E-state index contributed by atoms with van der Waals surface area (Å²) in [5.74, 6) is 0.745. The van der Waals surface area contributed by atoms with E-state index in [4.69, 9.17) is 4.74 Å². The van der Waals surface area contributed by atoms with E-state index in [-0.39, 0.29) is 0 Å². The Balaban J connectivity index is 1.75. The summed E-state index contributed by atoms with van der Waals surface area (Å²) in [6, 6.07) is 12.1. The fraction of sp³-hybridized carbons (Fsp3) is 0.125. The van der Waals surface area contributed by atoms with Crippen molar-refractivity contribution in [2.45, 2.75) is 6.92 Å². The van der Waals surface area contributed by atoms with Gasteiger partial charge in [0.25, 0.3) is 0 Å². The van der Waals surface area contributed by atoms with E-state index in [1.165, 1.54) is 11.3 Å². The summed E-state index contributed by atoms with van der Waals surface area (Å²) in [4.78, 5) is 16.8. The zero-order valence-electron chi connectivity index (χ0n) is 12.8. The summed E-state index contributed by atoms with van der Waals surface area (Å²) in [7, 11) is 0. The maximum absolute atomic E-state index is 12.4. The average molecular weight is 342 g/mol. The number of rotatable bonds is 3. The molecule has 24 heavy (non-hydrogen) atoms. The van der Waals surface area contributed by atoms with Gasteiger partial charge < -0.3 is 10.1 Å². The lowest BCUT2D eigenvalue weighted by molar-refractivity contribution is 0.221. The molecule has 2 aromatic carbocycles. The van der Waals surface area contributed by atoms with Crippen LogP contribution in [0.3, 0.4) is 0 Å². The molecule has 2 amide bonds. The fourth-order valence-electron chi connectivity index (χ4n) is 2.52. The van der Waals surface area contributed by atoms with Crippen LogP contribution in [0.2, 0.25) is 0 Å². The number of urea groups is 1. The highest BCUT2D eigenvalue weighted by Gasteiger charge is 2.32. The molecule has 0 saturated heterocycles. The number of carbonyl (C=O) groups is 1. The first-order valence-electron chi connectivity index (χ1n) is 7.40. The first kappa shape index (κ1) is 14.7. The van der Waals surface area contributed by atoms with Crippen LogP contribution in [0.1, 0.15) is 6.92 Å². The molecular formula is C16H14N4O3S. The van der Waals surface area contributed by atoms with Crippen LogP contribution in [-0.4, -0.2) is 22.8 Å². The minimum absolute atomic E-state index is 0.369. The lowest BCUT2D eigenvalue weighted by Crippen LogP contribution is -2.50. The molecular weight excluding hydrogens is 328 g/mol. The van der Waals surface area contributed by atoms with Crippen LogP contribution in [-0.2, 0) is 0 Å². The predicted octanol–water partition coefficient (Wildman–Crippen LogP) is 3.86. The smallest absolute Gasteiger partial charge is 0.349 e. The summed E-state index contributed by atoms with van der Waals surface area (Å²) in [6.45, 7) is 2.49. The number of anilines is 3. The van der Waals surface area contributed by atoms with E-state index in [9.17, 15) is 10.0 Å². The molecule has 8 heteroatoms. The van der Waals surface area contributed by atoms with Gasteiger partial charge in [-0.3, -0.25) is 5.21 Å². The van der Waals surface area contributed by atoms with Gasteiger partial charge in [0.2, 0.25) is 5.13 Å². The SMILES string of the molecule is CCOc1ccc2nc(N3C(=O)Nc4ccccc4N3O)sc2c1. The third kappa shape index (κ3) is 2.32. The number of thiazole rings is 1. The third-order valence-corrected chi connectivity index (χ3v) is 4.58. The summed E-state index contributed by atoms with van der Waals surface area (Å²) < 4.78 is 6.35. The summed E-state index contributed by atoms with van der Waals surface area (Å²) in [5.41, 5.74) is 1.76. The molecule has 2 heterocycles. The second-order valence-electron chi connectivity index (χ2n) is 5.11. The first-order chi connectivity index (χ1) is 11.7. The van der Waals surface area contributed by atoms with Crippen LogP contribution in [0, 0.1) is 0 Å². The Labute approximate surface area is 141 Å². The van der Waals surface area contributed by atoms with Crippen molar-refractivity contribution in [3.63, 3.8) is 0 Å². The van der Waals surface area contributed by atoms with E-state index in [1.807, 2.05) is 25.1 Å². The monoisotopic (exact) mass is 342 g/mol. The van der Waals surface area contributed by atoms with Crippen molar-refractivity contribution < 1.29 is 14.7 Å². The quantitative estimate of drug-likeness (QED) is 0.756. The molecule has 0 fully saturated rings. The van der Waals surface area contributed by atoms with Crippen LogP contribution in [0.15, 0.2) is 42.5 Å². The van der Waals surface area contributed by atoms with Crippen LogP contribution in [0.4, 0.5) is 21.3 Å². The van der Waals surface area contributed by atoms with Crippen LogP contribution >= 0.6 is 11.3 Å². The number of hydrogen-bond donors (Lipinski definition) is 2. The van der Waals surface area contributed by atoms with E-state index in [0.29, 0.717) is 23.1 Å². The predicted molar refractivity (Wildman–Crippen MR) is 93.0 cm³/mol. The van der Waals surface area contributed by atoms with Gasteiger partial charge in [-0.25, -0.2) is 9.78 Å². The van der Waals surface area contributed by atoms with E-state index in [0.717, 1.165) is 26.1 Å². The number of aromatic nitrogens is 1. The Kier molecular flexibility index (Phi) is 3.47. The van der Waals surface area contributed by atoms with Crippen LogP contribution in [0.25, 0.3) is 10.2 Å². The van der Waals surface area contributed by atoms with Crippen molar-refractivity contribution in [2.24, 2.45) is 0 Å². The summed E-state index contributed by atoms with van der Waals surface area (Å²) in [6.07, 6.45) is 0. The molecule has 0 radical (unpaired) electrons. The van der Waals surface area contributed by atoms with Gasteiger partial charge in [0.1, 0.15) is 11.4 Å². The zero-order valence-corrected chi connectivity index (χ0v) is 13.6. The van der Waals surface area contributed by atoms with Gasteiger partial charge in [0.05, 0.1) is 22.5 Å². The molecule has 7 nitrogen and oxygen atoms in total. The molecule has 2 N–H and O–H groups in total. The number of benzene rings is 2. The molecule has 0 spiro atoms. The molecule has 1 aromatic heterocycles. The molecule has 3 aromatic rings. The number of amides is 2. The second kappa shape index (κ2) is 5.66. The number of carbonyl (C=O) groups excluding carboxylic acids is 1. The lowest BCUT2D eigenvalue weighted by Gasteiger charge is -2.34. The van der Waals surface area contributed by atoms with Gasteiger partial charge in [0.15, 0.2) is 0 Å². The summed E-state index contributed by atoms with van der Waals surface area (Å²) >= 11 is 1.30. The van der Waals surface area contributed by atoms with Crippen molar-refractivity contribution >= 4 is 44.1 Å². The van der Waals surface area contributed by atoms with E-state index < -0.39 is 6.03 Å². The standard InChI is InChI=1S/C16H14N4O3S/c1-2-23-10-7-8-12-14(9-10)24-16(18-12)19-15(21)17-11-5-3-4-6-13(11)20(19)22/h3-9,22H,2H2,1H3,(H,17,21). The third-order valence-electron chi connectivity index (χ3n) is 3.58. The lowest BCUT2D eigenvalue weighted by atomic mass is 10.2. The maximum Gasteiger partial charge on any atom is 0.349 e. The Bertz CT molecular complexity index is 927. The van der Waals surface area contributed by atoms with Gasteiger partial charge in [-0.15, -0.1) is 10.2 Å². The van der Waals surface area contributed by atoms with Crippen molar-refractivity contribution in [1.82, 2.24) is 4.98 Å². The van der Waals surface area contributed by atoms with E-state index in [1.54, 1.807) is 24.3 Å². The van der Waals surface area contributed by atoms with Crippen molar-refractivity contribution in [3.05, 3.63) is 42.5 Å². The van der Waals surface area contributed by atoms with Gasteiger partial charge >= 0.3 is 6.03 Å². The Morgan fingerprint density at radius 3 is 2.96 bits per heavy atom. The minimum Gasteiger partial charge on any atom is -0.494 e. The number of hydrogen-bond acceptors (Lipinski definition) is 6. The summed E-state index contributed by atoms with van der Waals surface area (Å²) in [5, 5.41) is 15.5. The Morgan fingerprint density at radius 1 is 1.29 bits per heavy atom. The molecule has 1 aliphatic heterocycles. The number of nitrogens with zero attached hydrogens (tertiary/aromatic N) is 3. The Hall–Kier alpha value is -2.84.